The molecule has 1 aliphatic carbocycles. The van der Waals surface area contributed by atoms with E-state index in [1.54, 1.807) is 13.1 Å². The Morgan fingerprint density at radius 3 is 2.74 bits per heavy atom. The van der Waals surface area contributed by atoms with Crippen molar-refractivity contribution in [1.82, 2.24) is 4.98 Å². The van der Waals surface area contributed by atoms with Crippen molar-refractivity contribution in [3.63, 3.8) is 0 Å². The molecule has 2 aliphatic rings. The van der Waals surface area contributed by atoms with E-state index in [1.807, 2.05) is 73.7 Å². The van der Waals surface area contributed by atoms with Crippen LogP contribution < -0.4 is 5.32 Å². The number of anilines is 2. The summed E-state index contributed by atoms with van der Waals surface area (Å²) in [5.41, 5.74) is 3.41. The normalized spacial score (nSPS) is 11.3. The second-order valence-corrected chi connectivity index (χ2v) is 5.71. The number of esters is 1. The highest BCUT2D eigenvalue weighted by atomic mass is 16.5. The number of nitrogens with one attached hydrogen (secondary N) is 1. The monoisotopic (exact) mass is 359 g/mol. The number of rotatable bonds is 6. The van der Waals surface area contributed by atoms with Crippen LogP contribution in [-0.2, 0) is 4.74 Å². The molecule has 5 nitrogen and oxygen atoms in total. The molecule has 1 aromatic carbocycles. The molecule has 0 radical (unpaired) electrons. The molecule has 0 spiro atoms. The SMILES string of the molecule is C/C=C/C=Nc1ccccc1Nc1nc2cccccc-2c1C(=O)OCC. The quantitative estimate of drug-likeness (QED) is 0.474. The standard InChI is InChI=1S/C22H21N3O2/c1-3-5-15-23-18-13-9-10-14-19(18)25-21-20(22(26)27-4-2)16-11-7-6-8-12-17(16)24-21/h3,5-15H,4H2,1-2H3,(H,24,25)/b5-3+,23-15?. The fraction of sp³-hybridized carbons (Fsp3) is 0.136. The Kier molecular flexibility index (Phi) is 5.94. The summed E-state index contributed by atoms with van der Waals surface area (Å²) in [6, 6.07) is 17.0. The maximum atomic E-state index is 12.6. The number of fused-ring (bicyclic) bond motifs is 1. The fourth-order valence-electron chi connectivity index (χ4n) is 2.68. The Bertz CT molecular complexity index is 963. The molecular weight excluding hydrogens is 338 g/mol. The van der Waals surface area contributed by atoms with Gasteiger partial charge in [0, 0.05) is 11.8 Å². The molecule has 1 aromatic rings. The lowest BCUT2D eigenvalue weighted by atomic mass is 10.1. The molecule has 5 heteroatoms. The van der Waals surface area contributed by atoms with Crippen LogP contribution in [0.25, 0.3) is 11.3 Å². The number of aromatic nitrogens is 1. The number of allylic oxidation sites excluding steroid dienone is 2. The molecule has 0 amide bonds. The van der Waals surface area contributed by atoms with Gasteiger partial charge in [-0.2, -0.15) is 0 Å². The average Bonchev–Trinajstić information content (AvgIpc) is 2.84. The Morgan fingerprint density at radius 1 is 1.15 bits per heavy atom. The third-order valence-corrected chi connectivity index (χ3v) is 3.88. The molecule has 0 unspecified atom stereocenters. The summed E-state index contributed by atoms with van der Waals surface area (Å²) in [5.74, 6) is 0.0620. The van der Waals surface area contributed by atoms with Crippen LogP contribution in [-0.4, -0.2) is 23.8 Å². The summed E-state index contributed by atoms with van der Waals surface area (Å²) in [6.45, 7) is 4.02. The highest BCUT2D eigenvalue weighted by Crippen LogP contribution is 2.35. The van der Waals surface area contributed by atoms with Crippen molar-refractivity contribution < 1.29 is 9.53 Å². The molecule has 0 fully saturated rings. The number of carbonyl (C=O) groups excluding carboxylic acids is 1. The van der Waals surface area contributed by atoms with Gasteiger partial charge in [-0.05, 0) is 38.1 Å². The van der Waals surface area contributed by atoms with E-state index in [4.69, 9.17) is 4.74 Å². The minimum Gasteiger partial charge on any atom is -0.462 e. The van der Waals surface area contributed by atoms with Crippen molar-refractivity contribution in [3.8, 4) is 11.3 Å². The number of nitrogens with zero attached hydrogens (tertiary/aromatic N) is 2. The van der Waals surface area contributed by atoms with Crippen molar-refractivity contribution in [2.45, 2.75) is 13.8 Å². The summed E-state index contributed by atoms with van der Waals surface area (Å²) >= 11 is 0. The van der Waals surface area contributed by atoms with Crippen LogP contribution in [0.4, 0.5) is 17.2 Å². The van der Waals surface area contributed by atoms with E-state index in [0.717, 1.165) is 22.6 Å². The molecule has 1 heterocycles. The van der Waals surface area contributed by atoms with Crippen molar-refractivity contribution in [3.05, 3.63) is 72.3 Å². The second-order valence-electron chi connectivity index (χ2n) is 5.71. The van der Waals surface area contributed by atoms with Gasteiger partial charge < -0.3 is 10.1 Å². The number of aliphatic imine (C=N–C) groups is 1. The average molecular weight is 359 g/mol. The molecule has 0 bridgehead atoms. The lowest BCUT2D eigenvalue weighted by molar-refractivity contribution is 0.0528. The van der Waals surface area contributed by atoms with E-state index >= 15 is 0 Å². The summed E-state index contributed by atoms with van der Waals surface area (Å²) in [4.78, 5) is 21.6. The zero-order valence-corrected chi connectivity index (χ0v) is 15.3. The van der Waals surface area contributed by atoms with Gasteiger partial charge in [0.25, 0.3) is 0 Å². The summed E-state index contributed by atoms with van der Waals surface area (Å²) in [6.07, 6.45) is 5.49. The summed E-state index contributed by atoms with van der Waals surface area (Å²) < 4.78 is 5.26. The molecule has 27 heavy (non-hydrogen) atoms. The zero-order chi connectivity index (χ0) is 19.1. The van der Waals surface area contributed by atoms with E-state index in [0.29, 0.717) is 18.0 Å². The zero-order valence-electron chi connectivity index (χ0n) is 15.3. The first-order chi connectivity index (χ1) is 13.2. The largest absolute Gasteiger partial charge is 0.462 e. The van der Waals surface area contributed by atoms with E-state index in [-0.39, 0.29) is 0 Å². The third kappa shape index (κ3) is 4.20. The van der Waals surface area contributed by atoms with Crippen molar-refractivity contribution in [1.29, 1.82) is 0 Å². The molecule has 3 rings (SSSR count). The minimum absolute atomic E-state index is 0.300. The maximum absolute atomic E-state index is 12.6. The highest BCUT2D eigenvalue weighted by molar-refractivity contribution is 6.04. The van der Waals surface area contributed by atoms with Gasteiger partial charge >= 0.3 is 5.97 Å². The van der Waals surface area contributed by atoms with Crippen molar-refractivity contribution in [2.24, 2.45) is 4.99 Å². The first-order valence-electron chi connectivity index (χ1n) is 8.82. The lowest BCUT2D eigenvalue weighted by Gasteiger charge is -2.09. The van der Waals surface area contributed by atoms with Crippen molar-refractivity contribution in [2.75, 3.05) is 11.9 Å². The van der Waals surface area contributed by atoms with Crippen LogP contribution in [0.3, 0.4) is 0 Å². The molecule has 0 aromatic heterocycles. The Hall–Kier alpha value is -3.47. The lowest BCUT2D eigenvalue weighted by Crippen LogP contribution is -2.07. The third-order valence-electron chi connectivity index (χ3n) is 3.88. The molecule has 1 N–H and O–H groups in total. The predicted molar refractivity (Wildman–Crippen MR) is 110 cm³/mol. The van der Waals surface area contributed by atoms with E-state index < -0.39 is 5.97 Å². The maximum Gasteiger partial charge on any atom is 0.342 e. The van der Waals surface area contributed by atoms with Crippen LogP contribution in [0.2, 0.25) is 0 Å². The van der Waals surface area contributed by atoms with Gasteiger partial charge in [0.05, 0.1) is 23.7 Å². The number of ether oxygens (including phenoxy) is 1. The summed E-state index contributed by atoms with van der Waals surface area (Å²) in [5, 5.41) is 3.26. The molecule has 136 valence electrons. The van der Waals surface area contributed by atoms with Gasteiger partial charge in [-0.1, -0.05) is 42.5 Å². The number of hydrogen-bond donors (Lipinski definition) is 1. The van der Waals surface area contributed by atoms with Crippen LogP contribution >= 0.6 is 0 Å². The smallest absolute Gasteiger partial charge is 0.342 e. The minimum atomic E-state index is -0.399. The second kappa shape index (κ2) is 8.76. The van der Waals surface area contributed by atoms with E-state index in [1.165, 1.54) is 0 Å². The van der Waals surface area contributed by atoms with Gasteiger partial charge in [0.15, 0.2) is 0 Å². The van der Waals surface area contributed by atoms with Crippen LogP contribution in [0.1, 0.15) is 24.2 Å². The molecular formula is C22H21N3O2. The highest BCUT2D eigenvalue weighted by Gasteiger charge is 2.24. The van der Waals surface area contributed by atoms with Crippen LogP contribution in [0.15, 0.2) is 71.7 Å². The Labute approximate surface area is 158 Å². The van der Waals surface area contributed by atoms with Crippen LogP contribution in [0, 0.1) is 0 Å². The fourth-order valence-corrected chi connectivity index (χ4v) is 2.68. The molecule has 0 atom stereocenters. The predicted octanol–water partition coefficient (Wildman–Crippen LogP) is 5.39. The van der Waals surface area contributed by atoms with Crippen LogP contribution in [0.5, 0.6) is 0 Å². The Morgan fingerprint density at radius 2 is 1.93 bits per heavy atom. The molecule has 0 saturated heterocycles. The molecule has 1 aliphatic heterocycles. The first kappa shape index (κ1) is 18.3. The molecule has 0 saturated carbocycles. The van der Waals surface area contributed by atoms with Gasteiger partial charge in [-0.25, -0.2) is 9.78 Å². The van der Waals surface area contributed by atoms with E-state index in [9.17, 15) is 4.79 Å². The topological polar surface area (TPSA) is 63.6 Å². The summed E-state index contributed by atoms with van der Waals surface area (Å²) in [7, 11) is 0. The Balaban J connectivity index is 2.06. The van der Waals surface area contributed by atoms with Gasteiger partial charge in [0.1, 0.15) is 11.4 Å². The number of carbonyl (C=O) groups is 1. The van der Waals surface area contributed by atoms with E-state index in [2.05, 4.69) is 15.3 Å². The first-order valence-corrected chi connectivity index (χ1v) is 8.82. The van der Waals surface area contributed by atoms with Gasteiger partial charge in [0.2, 0.25) is 0 Å². The number of para-hydroxylation sites is 2. The van der Waals surface area contributed by atoms with Gasteiger partial charge in [-0.3, -0.25) is 4.99 Å². The number of benzene rings is 1. The number of hydrogen-bond acceptors (Lipinski definition) is 5. The van der Waals surface area contributed by atoms with Gasteiger partial charge in [-0.15, -0.1) is 0 Å². The van der Waals surface area contributed by atoms with Crippen molar-refractivity contribution >= 4 is 29.4 Å².